The van der Waals surface area contributed by atoms with Crippen LogP contribution in [0.2, 0.25) is 0 Å². The van der Waals surface area contributed by atoms with E-state index in [-0.39, 0.29) is 6.54 Å². The van der Waals surface area contributed by atoms with E-state index >= 15 is 0 Å². The van der Waals surface area contributed by atoms with Crippen molar-refractivity contribution in [2.24, 2.45) is 0 Å². The molecule has 0 radical (unpaired) electrons. The van der Waals surface area contributed by atoms with Crippen molar-refractivity contribution in [3.63, 3.8) is 0 Å². The number of methoxy groups -OCH3 is 2. The maximum Gasteiger partial charge on any atom is 0.326 e. The fourth-order valence-electron chi connectivity index (χ4n) is 2.23. The van der Waals surface area contributed by atoms with E-state index in [1.165, 1.54) is 21.1 Å². The van der Waals surface area contributed by atoms with Crippen molar-refractivity contribution in [3.8, 4) is 11.5 Å². The fourth-order valence-corrected chi connectivity index (χ4v) is 2.23. The number of ether oxygens (including phenoxy) is 3. The van der Waals surface area contributed by atoms with E-state index in [1.54, 1.807) is 48.5 Å². The van der Waals surface area contributed by atoms with Crippen LogP contribution < -0.4 is 20.1 Å². The molecule has 2 aromatic rings. The largest absolute Gasteiger partial charge is 0.497 e. The lowest BCUT2D eigenvalue weighted by atomic mass is 10.2. The molecule has 0 saturated carbocycles. The van der Waals surface area contributed by atoms with E-state index in [0.717, 1.165) is 0 Å². The topological polar surface area (TPSA) is 103 Å². The predicted molar refractivity (Wildman–Crippen MR) is 103 cm³/mol. The lowest BCUT2D eigenvalue weighted by Gasteiger charge is -2.14. The molecule has 2 aromatic carbocycles. The summed E-state index contributed by atoms with van der Waals surface area (Å²) in [6, 6.07) is 13.2. The first-order chi connectivity index (χ1) is 13.4. The zero-order chi connectivity index (χ0) is 20.5. The van der Waals surface area contributed by atoms with Gasteiger partial charge in [-0.25, -0.2) is 0 Å². The third-order valence-electron chi connectivity index (χ3n) is 3.76. The molecular formula is C20H22N2O6. The summed E-state index contributed by atoms with van der Waals surface area (Å²) >= 11 is 0. The Kier molecular flexibility index (Phi) is 7.38. The van der Waals surface area contributed by atoms with Gasteiger partial charge in [-0.2, -0.15) is 0 Å². The van der Waals surface area contributed by atoms with Crippen LogP contribution in [0.1, 0.15) is 17.3 Å². The molecule has 0 fully saturated rings. The molecule has 0 unspecified atom stereocenters. The van der Waals surface area contributed by atoms with Gasteiger partial charge in [0.2, 0.25) is 0 Å². The second-order valence-electron chi connectivity index (χ2n) is 5.76. The Labute approximate surface area is 162 Å². The Morgan fingerprint density at radius 3 is 2.29 bits per heavy atom. The van der Waals surface area contributed by atoms with Gasteiger partial charge >= 0.3 is 5.97 Å². The number of hydrogen-bond acceptors (Lipinski definition) is 6. The van der Waals surface area contributed by atoms with Gasteiger partial charge in [-0.1, -0.05) is 6.07 Å². The third kappa shape index (κ3) is 6.01. The first kappa shape index (κ1) is 20.8. The molecule has 2 N–H and O–H groups in total. The Bertz CT molecular complexity index is 835. The van der Waals surface area contributed by atoms with Crippen molar-refractivity contribution in [3.05, 3.63) is 54.1 Å². The smallest absolute Gasteiger partial charge is 0.326 e. The lowest BCUT2D eigenvalue weighted by molar-refractivity contribution is -0.152. The molecule has 0 heterocycles. The summed E-state index contributed by atoms with van der Waals surface area (Å²) in [6.07, 6.45) is -1.03. The molecule has 0 aliphatic heterocycles. The van der Waals surface area contributed by atoms with Crippen LogP contribution in [0.15, 0.2) is 48.5 Å². The van der Waals surface area contributed by atoms with Crippen molar-refractivity contribution < 1.29 is 28.6 Å². The number of carbonyl (C=O) groups excluding carboxylic acids is 3. The number of amides is 2. The highest BCUT2D eigenvalue weighted by atomic mass is 16.5. The van der Waals surface area contributed by atoms with Gasteiger partial charge in [0, 0.05) is 17.3 Å². The maximum atomic E-state index is 12.1. The first-order valence-corrected chi connectivity index (χ1v) is 8.49. The van der Waals surface area contributed by atoms with Crippen molar-refractivity contribution in [2.45, 2.75) is 13.0 Å². The van der Waals surface area contributed by atoms with E-state index in [4.69, 9.17) is 14.2 Å². The number of hydrogen-bond donors (Lipinski definition) is 2. The molecule has 2 amide bonds. The van der Waals surface area contributed by atoms with Crippen molar-refractivity contribution in [2.75, 3.05) is 26.1 Å². The summed E-state index contributed by atoms with van der Waals surface area (Å²) < 4.78 is 15.1. The monoisotopic (exact) mass is 386 g/mol. The molecule has 28 heavy (non-hydrogen) atoms. The number of nitrogens with one attached hydrogen (secondary N) is 2. The molecule has 0 saturated heterocycles. The summed E-state index contributed by atoms with van der Waals surface area (Å²) in [4.78, 5) is 36.0. The van der Waals surface area contributed by atoms with Crippen LogP contribution in [0.5, 0.6) is 11.5 Å². The second-order valence-corrected chi connectivity index (χ2v) is 5.76. The minimum absolute atomic E-state index is 0.359. The standard InChI is InChI=1S/C20H22N2O6/c1-13(19(24)22-15-5-4-6-17(11-15)27-3)28-18(23)12-21-20(25)14-7-9-16(26-2)10-8-14/h4-11,13H,12H2,1-3H3,(H,21,25)(H,22,24)/t13-/m0/s1. The fraction of sp³-hybridized carbons (Fsp3) is 0.250. The zero-order valence-electron chi connectivity index (χ0n) is 15.9. The SMILES string of the molecule is COc1ccc(C(=O)NCC(=O)O[C@@H](C)C(=O)Nc2cccc(OC)c2)cc1. The second kappa shape index (κ2) is 9.96. The first-order valence-electron chi connectivity index (χ1n) is 8.49. The number of anilines is 1. The van der Waals surface area contributed by atoms with Crippen molar-refractivity contribution >= 4 is 23.5 Å². The van der Waals surface area contributed by atoms with Crippen molar-refractivity contribution in [1.29, 1.82) is 0 Å². The van der Waals surface area contributed by atoms with Crippen LogP contribution in [-0.2, 0) is 14.3 Å². The molecule has 0 aliphatic carbocycles. The van der Waals surface area contributed by atoms with E-state index < -0.39 is 23.9 Å². The summed E-state index contributed by atoms with van der Waals surface area (Å²) in [6.45, 7) is 1.08. The summed E-state index contributed by atoms with van der Waals surface area (Å²) in [5.41, 5.74) is 0.887. The number of esters is 1. The summed E-state index contributed by atoms with van der Waals surface area (Å²) in [7, 11) is 3.04. The van der Waals surface area contributed by atoms with Gasteiger partial charge in [0.05, 0.1) is 14.2 Å². The van der Waals surface area contributed by atoms with Crippen LogP contribution in [0.4, 0.5) is 5.69 Å². The average Bonchev–Trinajstić information content (AvgIpc) is 2.72. The highest BCUT2D eigenvalue weighted by molar-refractivity contribution is 5.97. The van der Waals surface area contributed by atoms with Gasteiger partial charge in [-0.3, -0.25) is 14.4 Å². The van der Waals surface area contributed by atoms with Gasteiger partial charge in [0.1, 0.15) is 18.0 Å². The van der Waals surface area contributed by atoms with Crippen LogP contribution in [0.3, 0.4) is 0 Å². The van der Waals surface area contributed by atoms with E-state index in [2.05, 4.69) is 10.6 Å². The highest BCUT2D eigenvalue weighted by Crippen LogP contribution is 2.17. The van der Waals surface area contributed by atoms with Crippen molar-refractivity contribution in [1.82, 2.24) is 5.32 Å². The molecule has 1 atom stereocenters. The van der Waals surface area contributed by atoms with Gasteiger partial charge in [0.25, 0.3) is 11.8 Å². The third-order valence-corrected chi connectivity index (χ3v) is 3.76. The van der Waals surface area contributed by atoms with Gasteiger partial charge in [0.15, 0.2) is 6.10 Å². The molecule has 0 spiro atoms. The van der Waals surface area contributed by atoms with Crippen LogP contribution in [0, 0.1) is 0 Å². The maximum absolute atomic E-state index is 12.1. The van der Waals surface area contributed by atoms with Gasteiger partial charge in [-0.05, 0) is 43.3 Å². The van der Waals surface area contributed by atoms with Gasteiger partial charge in [-0.15, -0.1) is 0 Å². The molecule has 2 rings (SSSR count). The van der Waals surface area contributed by atoms with E-state index in [1.807, 2.05) is 0 Å². The number of carbonyl (C=O) groups is 3. The van der Waals surface area contributed by atoms with E-state index in [9.17, 15) is 14.4 Å². The Hall–Kier alpha value is -3.55. The van der Waals surface area contributed by atoms with E-state index in [0.29, 0.717) is 22.7 Å². The quantitative estimate of drug-likeness (QED) is 0.673. The predicted octanol–water partition coefficient (Wildman–Crippen LogP) is 2.00. The molecule has 8 heteroatoms. The summed E-state index contributed by atoms with van der Waals surface area (Å²) in [5, 5.41) is 5.07. The van der Waals surface area contributed by atoms with Gasteiger partial charge < -0.3 is 24.8 Å². The Morgan fingerprint density at radius 2 is 1.64 bits per heavy atom. The highest BCUT2D eigenvalue weighted by Gasteiger charge is 2.18. The molecule has 0 aromatic heterocycles. The molecular weight excluding hydrogens is 364 g/mol. The Balaban J connectivity index is 1.80. The van der Waals surface area contributed by atoms with Crippen LogP contribution >= 0.6 is 0 Å². The molecule has 8 nitrogen and oxygen atoms in total. The molecule has 0 bridgehead atoms. The number of rotatable bonds is 8. The Morgan fingerprint density at radius 1 is 0.964 bits per heavy atom. The van der Waals surface area contributed by atoms with Crippen LogP contribution in [-0.4, -0.2) is 44.7 Å². The lowest BCUT2D eigenvalue weighted by Crippen LogP contribution is -2.35. The van der Waals surface area contributed by atoms with Crippen LogP contribution in [0.25, 0.3) is 0 Å². The zero-order valence-corrected chi connectivity index (χ0v) is 15.9. The number of benzene rings is 2. The molecule has 148 valence electrons. The normalized spacial score (nSPS) is 11.1. The minimum atomic E-state index is -1.03. The summed E-state index contributed by atoms with van der Waals surface area (Å²) in [5.74, 6) is -0.457. The average molecular weight is 386 g/mol. The minimum Gasteiger partial charge on any atom is -0.497 e. The molecule has 0 aliphatic rings.